The van der Waals surface area contributed by atoms with Crippen LogP contribution in [-0.2, 0) is 0 Å². The van der Waals surface area contributed by atoms with E-state index < -0.39 is 0 Å². The fraction of sp³-hybridized carbons (Fsp3) is 0. The van der Waals surface area contributed by atoms with E-state index in [2.05, 4.69) is 10.3 Å². The smallest absolute Gasteiger partial charge is 0.255 e. The molecule has 0 radical (unpaired) electrons. The number of benzene rings is 3. The van der Waals surface area contributed by atoms with Crippen molar-refractivity contribution in [3.63, 3.8) is 0 Å². The van der Waals surface area contributed by atoms with Crippen molar-refractivity contribution >= 4 is 50.8 Å². The molecule has 3 aromatic carbocycles. The third-order valence-electron chi connectivity index (χ3n) is 4.01. The first-order chi connectivity index (χ1) is 13.2. The highest BCUT2D eigenvalue weighted by atomic mass is 35.5. The molecule has 1 aromatic heterocycles. The number of hydrogen-bond acceptors (Lipinski definition) is 3. The van der Waals surface area contributed by atoms with Crippen molar-refractivity contribution in [2.45, 2.75) is 0 Å². The second-order valence-corrected chi connectivity index (χ2v) is 7.32. The minimum atomic E-state index is -0.187. The number of fused-ring (bicyclic) bond motifs is 1. The summed E-state index contributed by atoms with van der Waals surface area (Å²) in [5, 5.41) is 4.35. The van der Waals surface area contributed by atoms with E-state index in [0.717, 1.165) is 20.8 Å². The monoisotopic (exact) mass is 390 g/mol. The Bertz CT molecular complexity index is 1100. The SMILES string of the molecule is O=C(N/C(=C/c1ccccc1Cl)c1nc2ccccc2s1)c1ccccc1. The standard InChI is InChI=1S/C22H15ClN2OS/c23-17-11-5-4-10-16(17)14-19(24-21(26)15-8-2-1-3-9-15)22-25-18-12-6-7-13-20(18)27-22/h1-14H,(H,24,26)/b19-14+. The van der Waals surface area contributed by atoms with Gasteiger partial charge in [-0.05, 0) is 42.0 Å². The van der Waals surface area contributed by atoms with Gasteiger partial charge in [-0.3, -0.25) is 4.79 Å². The van der Waals surface area contributed by atoms with Crippen LogP contribution in [0.1, 0.15) is 20.9 Å². The summed E-state index contributed by atoms with van der Waals surface area (Å²) in [6, 6.07) is 24.5. The normalized spacial score (nSPS) is 11.5. The van der Waals surface area contributed by atoms with E-state index in [1.54, 1.807) is 12.1 Å². The molecule has 5 heteroatoms. The lowest BCUT2D eigenvalue weighted by Crippen LogP contribution is -2.21. The van der Waals surface area contributed by atoms with Gasteiger partial charge in [0.2, 0.25) is 0 Å². The van der Waals surface area contributed by atoms with Gasteiger partial charge in [0.25, 0.3) is 5.91 Å². The van der Waals surface area contributed by atoms with Gasteiger partial charge in [0.15, 0.2) is 0 Å². The van der Waals surface area contributed by atoms with Gasteiger partial charge >= 0.3 is 0 Å². The molecule has 0 bridgehead atoms. The number of para-hydroxylation sites is 1. The predicted molar refractivity (Wildman–Crippen MR) is 113 cm³/mol. The molecule has 0 aliphatic rings. The van der Waals surface area contributed by atoms with E-state index in [0.29, 0.717) is 16.3 Å². The second-order valence-electron chi connectivity index (χ2n) is 5.89. The largest absolute Gasteiger partial charge is 0.319 e. The van der Waals surface area contributed by atoms with E-state index in [1.165, 1.54) is 11.3 Å². The second kappa shape index (κ2) is 7.74. The van der Waals surface area contributed by atoms with Crippen LogP contribution < -0.4 is 5.32 Å². The quantitative estimate of drug-likeness (QED) is 0.473. The molecule has 1 amide bonds. The molecule has 27 heavy (non-hydrogen) atoms. The van der Waals surface area contributed by atoms with Gasteiger partial charge in [-0.15, -0.1) is 11.3 Å². The molecule has 4 aromatic rings. The van der Waals surface area contributed by atoms with Gasteiger partial charge < -0.3 is 5.32 Å². The molecule has 0 saturated carbocycles. The molecule has 0 unspecified atom stereocenters. The molecule has 4 rings (SSSR count). The number of aromatic nitrogens is 1. The molecule has 0 saturated heterocycles. The molecule has 0 atom stereocenters. The first kappa shape index (κ1) is 17.5. The molecular weight excluding hydrogens is 376 g/mol. The molecule has 0 aliphatic carbocycles. The Morgan fingerprint density at radius 1 is 0.926 bits per heavy atom. The number of amides is 1. The van der Waals surface area contributed by atoms with E-state index in [9.17, 15) is 4.79 Å². The average Bonchev–Trinajstić information content (AvgIpc) is 3.14. The first-order valence-corrected chi connectivity index (χ1v) is 9.59. The molecule has 1 heterocycles. The van der Waals surface area contributed by atoms with Crippen molar-refractivity contribution in [2.75, 3.05) is 0 Å². The van der Waals surface area contributed by atoms with Crippen molar-refractivity contribution in [2.24, 2.45) is 0 Å². The lowest BCUT2D eigenvalue weighted by atomic mass is 10.1. The van der Waals surface area contributed by atoms with Crippen LogP contribution in [0, 0.1) is 0 Å². The summed E-state index contributed by atoms with van der Waals surface area (Å²) in [5.41, 5.74) is 2.93. The van der Waals surface area contributed by atoms with Crippen LogP contribution in [0.15, 0.2) is 78.9 Å². The van der Waals surface area contributed by atoms with Gasteiger partial charge in [0, 0.05) is 10.6 Å². The Morgan fingerprint density at radius 3 is 2.41 bits per heavy atom. The zero-order valence-corrected chi connectivity index (χ0v) is 15.8. The van der Waals surface area contributed by atoms with Crippen molar-refractivity contribution in [3.8, 4) is 0 Å². The van der Waals surface area contributed by atoms with Gasteiger partial charge in [-0.1, -0.05) is 60.1 Å². The van der Waals surface area contributed by atoms with Crippen molar-refractivity contribution in [3.05, 3.63) is 100 Å². The van der Waals surface area contributed by atoms with E-state index in [1.807, 2.05) is 72.8 Å². The van der Waals surface area contributed by atoms with E-state index in [-0.39, 0.29) is 5.91 Å². The maximum absolute atomic E-state index is 12.7. The number of rotatable bonds is 4. The van der Waals surface area contributed by atoms with Gasteiger partial charge in [0.1, 0.15) is 5.01 Å². The fourth-order valence-electron chi connectivity index (χ4n) is 2.67. The summed E-state index contributed by atoms with van der Waals surface area (Å²) >= 11 is 7.84. The van der Waals surface area contributed by atoms with Crippen LogP contribution in [-0.4, -0.2) is 10.9 Å². The Morgan fingerprint density at radius 2 is 1.63 bits per heavy atom. The maximum atomic E-state index is 12.7. The number of nitrogens with zero attached hydrogens (tertiary/aromatic N) is 1. The summed E-state index contributed by atoms with van der Waals surface area (Å²) < 4.78 is 1.06. The number of hydrogen-bond donors (Lipinski definition) is 1. The first-order valence-electron chi connectivity index (χ1n) is 8.39. The number of nitrogens with one attached hydrogen (secondary N) is 1. The van der Waals surface area contributed by atoms with Crippen molar-refractivity contribution < 1.29 is 4.79 Å². The van der Waals surface area contributed by atoms with Crippen molar-refractivity contribution in [1.29, 1.82) is 0 Å². The highest BCUT2D eigenvalue weighted by molar-refractivity contribution is 7.19. The fourth-order valence-corrected chi connectivity index (χ4v) is 3.80. The van der Waals surface area contributed by atoms with Crippen LogP contribution >= 0.6 is 22.9 Å². The zero-order chi connectivity index (χ0) is 18.6. The third-order valence-corrected chi connectivity index (χ3v) is 5.43. The summed E-state index contributed by atoms with van der Waals surface area (Å²) in [6.07, 6.45) is 1.86. The molecule has 0 spiro atoms. The molecule has 0 fully saturated rings. The average molecular weight is 391 g/mol. The van der Waals surface area contributed by atoms with Gasteiger partial charge in [-0.25, -0.2) is 4.98 Å². The lowest BCUT2D eigenvalue weighted by molar-refractivity contribution is 0.0974. The Kier molecular flexibility index (Phi) is 5.01. The molecule has 132 valence electrons. The molecular formula is C22H15ClN2OS. The topological polar surface area (TPSA) is 42.0 Å². The number of halogens is 1. The summed E-state index contributed by atoms with van der Waals surface area (Å²) in [5.74, 6) is -0.187. The van der Waals surface area contributed by atoms with Crippen LogP contribution in [0.3, 0.4) is 0 Å². The summed E-state index contributed by atoms with van der Waals surface area (Å²) in [6.45, 7) is 0. The highest BCUT2D eigenvalue weighted by Gasteiger charge is 2.14. The Hall–Kier alpha value is -2.95. The van der Waals surface area contributed by atoms with Gasteiger partial charge in [-0.2, -0.15) is 0 Å². The van der Waals surface area contributed by atoms with Gasteiger partial charge in [0.05, 0.1) is 15.9 Å². The minimum Gasteiger partial charge on any atom is -0.319 e. The summed E-state index contributed by atoms with van der Waals surface area (Å²) in [7, 11) is 0. The number of thiazole rings is 1. The van der Waals surface area contributed by atoms with Crippen LogP contribution in [0.4, 0.5) is 0 Å². The minimum absolute atomic E-state index is 0.187. The molecule has 1 N–H and O–H groups in total. The highest BCUT2D eigenvalue weighted by Crippen LogP contribution is 2.28. The molecule has 0 aliphatic heterocycles. The van der Waals surface area contributed by atoms with Crippen LogP contribution in [0.25, 0.3) is 22.0 Å². The lowest BCUT2D eigenvalue weighted by Gasteiger charge is -2.08. The van der Waals surface area contributed by atoms with Crippen LogP contribution in [0.2, 0.25) is 5.02 Å². The Labute approximate surface area is 166 Å². The third kappa shape index (κ3) is 3.92. The number of carbonyl (C=O) groups is 1. The van der Waals surface area contributed by atoms with E-state index in [4.69, 9.17) is 11.6 Å². The van der Waals surface area contributed by atoms with Crippen molar-refractivity contribution in [1.82, 2.24) is 10.3 Å². The predicted octanol–water partition coefficient (Wildman–Crippen LogP) is 5.88. The molecule has 3 nitrogen and oxygen atoms in total. The number of carbonyl (C=O) groups excluding carboxylic acids is 1. The summed E-state index contributed by atoms with van der Waals surface area (Å²) in [4.78, 5) is 17.4. The van der Waals surface area contributed by atoms with Crippen LogP contribution in [0.5, 0.6) is 0 Å². The zero-order valence-electron chi connectivity index (χ0n) is 14.2. The van der Waals surface area contributed by atoms with E-state index >= 15 is 0 Å². The Balaban J connectivity index is 1.77. The maximum Gasteiger partial charge on any atom is 0.255 e.